The molecule has 6 nitrogen and oxygen atoms in total. The van der Waals surface area contributed by atoms with E-state index in [1.807, 2.05) is 48.5 Å². The van der Waals surface area contributed by atoms with Gasteiger partial charge in [-0.3, -0.25) is 4.79 Å². The molecule has 1 aromatic heterocycles. The second-order valence-corrected chi connectivity index (χ2v) is 6.63. The maximum atomic E-state index is 12.9. The van der Waals surface area contributed by atoms with Crippen LogP contribution in [0.5, 0.6) is 5.75 Å². The number of rotatable bonds is 5. The molecular formula is C22H22N2O4. The maximum Gasteiger partial charge on any atom is 0.256 e. The Hall–Kier alpha value is -3.12. The summed E-state index contributed by atoms with van der Waals surface area (Å²) < 4.78 is 16.9. The van der Waals surface area contributed by atoms with Gasteiger partial charge in [0, 0.05) is 18.5 Å². The molecule has 28 heavy (non-hydrogen) atoms. The summed E-state index contributed by atoms with van der Waals surface area (Å²) in [6.07, 6.45) is 2.05. The summed E-state index contributed by atoms with van der Waals surface area (Å²) in [5, 5.41) is 3.78. The summed E-state index contributed by atoms with van der Waals surface area (Å²) in [6.45, 7) is 1.22. The van der Waals surface area contributed by atoms with Crippen LogP contribution in [-0.4, -0.2) is 32.3 Å². The molecule has 6 heteroatoms. The molecule has 0 saturated carbocycles. The van der Waals surface area contributed by atoms with Gasteiger partial charge in [-0.1, -0.05) is 30.3 Å². The zero-order valence-electron chi connectivity index (χ0n) is 15.7. The Bertz CT molecular complexity index is 1050. The van der Waals surface area contributed by atoms with E-state index in [0.29, 0.717) is 29.1 Å². The molecule has 1 aliphatic heterocycles. The van der Waals surface area contributed by atoms with Gasteiger partial charge in [-0.15, -0.1) is 0 Å². The number of carbonyl (C=O) groups excluding carboxylic acids is 1. The molecule has 0 bridgehead atoms. The van der Waals surface area contributed by atoms with E-state index in [-0.39, 0.29) is 17.6 Å². The lowest BCUT2D eigenvalue weighted by Gasteiger charge is -2.11. The van der Waals surface area contributed by atoms with E-state index in [0.717, 1.165) is 24.8 Å². The zero-order valence-corrected chi connectivity index (χ0v) is 15.7. The highest BCUT2D eigenvalue weighted by Gasteiger charge is 2.18. The first kappa shape index (κ1) is 18.3. The van der Waals surface area contributed by atoms with Gasteiger partial charge in [0.15, 0.2) is 0 Å². The molecule has 1 saturated heterocycles. The number of para-hydroxylation sites is 3. The van der Waals surface area contributed by atoms with Crippen molar-refractivity contribution in [3.8, 4) is 5.75 Å². The summed E-state index contributed by atoms with van der Waals surface area (Å²) in [6, 6.07) is 16.7. The Morgan fingerprint density at radius 1 is 1.21 bits per heavy atom. The van der Waals surface area contributed by atoms with Crippen molar-refractivity contribution in [2.75, 3.05) is 20.3 Å². The van der Waals surface area contributed by atoms with E-state index < -0.39 is 0 Å². The summed E-state index contributed by atoms with van der Waals surface area (Å²) in [4.78, 5) is 17.5. The van der Waals surface area contributed by atoms with Crippen molar-refractivity contribution in [3.63, 3.8) is 0 Å². The molecule has 1 amide bonds. The molecule has 4 rings (SSSR count). The highest BCUT2D eigenvalue weighted by atomic mass is 16.5. The summed E-state index contributed by atoms with van der Waals surface area (Å²) in [7, 11) is 1.58. The molecule has 3 aromatic rings. The van der Waals surface area contributed by atoms with Gasteiger partial charge in [0.25, 0.3) is 5.91 Å². The minimum Gasteiger partial charge on any atom is -0.494 e. The van der Waals surface area contributed by atoms with Crippen molar-refractivity contribution in [1.29, 1.82) is 0 Å². The van der Waals surface area contributed by atoms with Crippen molar-refractivity contribution >= 4 is 22.6 Å². The van der Waals surface area contributed by atoms with E-state index in [2.05, 4.69) is 10.3 Å². The molecule has 144 valence electrons. The van der Waals surface area contributed by atoms with Gasteiger partial charge in [0.2, 0.25) is 5.55 Å². The van der Waals surface area contributed by atoms with Crippen LogP contribution in [0.25, 0.3) is 11.0 Å². The predicted molar refractivity (Wildman–Crippen MR) is 106 cm³/mol. The summed E-state index contributed by atoms with van der Waals surface area (Å²) >= 11 is 0. The molecule has 0 spiro atoms. The van der Waals surface area contributed by atoms with Crippen LogP contribution < -0.4 is 15.6 Å². The van der Waals surface area contributed by atoms with E-state index in [4.69, 9.17) is 13.9 Å². The number of ether oxygens (including phenoxy) is 2. The van der Waals surface area contributed by atoms with E-state index >= 15 is 0 Å². The first-order valence-electron chi connectivity index (χ1n) is 9.35. The van der Waals surface area contributed by atoms with Gasteiger partial charge in [-0.25, -0.2) is 4.99 Å². The molecule has 1 fully saturated rings. The van der Waals surface area contributed by atoms with E-state index in [1.54, 1.807) is 13.2 Å². The fourth-order valence-electron chi connectivity index (χ4n) is 3.25. The summed E-state index contributed by atoms with van der Waals surface area (Å²) in [5.41, 5.74) is 1.87. The SMILES string of the molecule is COc1ccccc1N=c1oc2ccccc2cc1C(=O)NC[C@H]1CCCO1. The Morgan fingerprint density at radius 2 is 2.04 bits per heavy atom. The smallest absolute Gasteiger partial charge is 0.256 e. The summed E-state index contributed by atoms with van der Waals surface area (Å²) in [5.74, 6) is 0.371. The third kappa shape index (κ3) is 3.92. The molecule has 0 radical (unpaired) electrons. The third-order valence-electron chi connectivity index (χ3n) is 4.72. The Kier molecular flexibility index (Phi) is 5.39. The topological polar surface area (TPSA) is 73.1 Å². The van der Waals surface area contributed by atoms with Gasteiger partial charge in [-0.05, 0) is 37.1 Å². The van der Waals surface area contributed by atoms with E-state index in [9.17, 15) is 4.79 Å². The molecule has 2 heterocycles. The van der Waals surface area contributed by atoms with Crippen molar-refractivity contribution in [3.05, 3.63) is 65.7 Å². The Labute approximate surface area is 162 Å². The highest BCUT2D eigenvalue weighted by Crippen LogP contribution is 2.26. The molecule has 1 atom stereocenters. The fourth-order valence-corrected chi connectivity index (χ4v) is 3.25. The van der Waals surface area contributed by atoms with E-state index in [1.165, 1.54) is 0 Å². The van der Waals surface area contributed by atoms with Gasteiger partial charge in [0.05, 0.1) is 13.2 Å². The Morgan fingerprint density at radius 3 is 2.86 bits per heavy atom. The van der Waals surface area contributed by atoms with Gasteiger partial charge >= 0.3 is 0 Å². The van der Waals surface area contributed by atoms with Crippen molar-refractivity contribution in [1.82, 2.24) is 5.32 Å². The lowest BCUT2D eigenvalue weighted by Crippen LogP contribution is -2.34. The quantitative estimate of drug-likeness (QED) is 0.736. The Balaban J connectivity index is 1.76. The predicted octanol–water partition coefficient (Wildman–Crippen LogP) is 3.58. The largest absolute Gasteiger partial charge is 0.494 e. The van der Waals surface area contributed by atoms with Crippen LogP contribution in [-0.2, 0) is 4.74 Å². The van der Waals surface area contributed by atoms with Crippen LogP contribution in [0.3, 0.4) is 0 Å². The monoisotopic (exact) mass is 378 g/mol. The number of hydrogen-bond acceptors (Lipinski definition) is 5. The number of benzene rings is 2. The average Bonchev–Trinajstić information content (AvgIpc) is 3.25. The molecule has 0 unspecified atom stereocenters. The second kappa shape index (κ2) is 8.27. The molecule has 2 aromatic carbocycles. The fraction of sp³-hybridized carbons (Fsp3) is 0.273. The zero-order chi connectivity index (χ0) is 19.3. The molecular weight excluding hydrogens is 356 g/mol. The van der Waals surface area contributed by atoms with Crippen LogP contribution in [0.1, 0.15) is 23.2 Å². The first-order valence-corrected chi connectivity index (χ1v) is 9.35. The van der Waals surface area contributed by atoms with Crippen molar-refractivity contribution < 1.29 is 18.7 Å². The number of nitrogens with one attached hydrogen (secondary N) is 1. The minimum atomic E-state index is -0.237. The van der Waals surface area contributed by atoms with Crippen LogP contribution >= 0.6 is 0 Å². The average molecular weight is 378 g/mol. The first-order chi connectivity index (χ1) is 13.7. The maximum absolute atomic E-state index is 12.9. The van der Waals surface area contributed by atoms with Crippen LogP contribution in [0.2, 0.25) is 0 Å². The number of nitrogens with zero attached hydrogens (tertiary/aromatic N) is 1. The highest BCUT2D eigenvalue weighted by molar-refractivity contribution is 5.96. The number of hydrogen-bond donors (Lipinski definition) is 1. The van der Waals surface area contributed by atoms with Gasteiger partial charge in [-0.2, -0.15) is 0 Å². The lowest BCUT2D eigenvalue weighted by molar-refractivity contribution is 0.0854. The number of fused-ring (bicyclic) bond motifs is 1. The minimum absolute atomic E-state index is 0.0657. The number of methoxy groups -OCH3 is 1. The van der Waals surface area contributed by atoms with Crippen LogP contribution in [0.15, 0.2) is 64.0 Å². The van der Waals surface area contributed by atoms with Crippen molar-refractivity contribution in [2.45, 2.75) is 18.9 Å². The molecule has 1 aliphatic rings. The lowest BCUT2D eigenvalue weighted by atomic mass is 10.1. The van der Waals surface area contributed by atoms with Gasteiger partial charge < -0.3 is 19.2 Å². The number of carbonyl (C=O) groups is 1. The molecule has 1 N–H and O–H groups in total. The number of amides is 1. The van der Waals surface area contributed by atoms with Crippen molar-refractivity contribution in [2.24, 2.45) is 4.99 Å². The standard InChI is InChI=1S/C22H22N2O4/c1-26-20-11-5-3-9-18(20)24-22-17(13-15-7-2-4-10-19(15)28-22)21(25)23-14-16-8-6-12-27-16/h2-5,7,9-11,13,16H,6,8,12,14H2,1H3,(H,23,25)/t16-/m1/s1. The van der Waals surface area contributed by atoms with Crippen LogP contribution in [0.4, 0.5) is 5.69 Å². The normalized spacial score (nSPS) is 17.0. The van der Waals surface area contributed by atoms with Gasteiger partial charge in [0.1, 0.15) is 22.6 Å². The molecule has 0 aliphatic carbocycles. The van der Waals surface area contributed by atoms with Crippen LogP contribution in [0, 0.1) is 0 Å². The third-order valence-corrected chi connectivity index (χ3v) is 4.72. The second-order valence-electron chi connectivity index (χ2n) is 6.63.